The first-order valence-corrected chi connectivity index (χ1v) is 8.97. The number of alkyl halides is 3. The first-order valence-electron chi connectivity index (χ1n) is 7.32. The summed E-state index contributed by atoms with van der Waals surface area (Å²) in [5, 5.41) is 21.0. The fraction of sp³-hybridized carbons (Fsp3) is 0.200. The van der Waals surface area contributed by atoms with Gasteiger partial charge in [-0.1, -0.05) is 0 Å². The van der Waals surface area contributed by atoms with Crippen molar-refractivity contribution in [1.29, 1.82) is 0 Å². The fourth-order valence-corrected chi connectivity index (χ4v) is 2.93. The third-order valence-electron chi connectivity index (χ3n) is 3.17. The Morgan fingerprint density at radius 3 is 2.44 bits per heavy atom. The molecule has 1 amide bonds. The number of nitrogens with zero attached hydrogens (tertiary/aromatic N) is 1. The number of aromatic nitrogens is 1. The normalized spacial score (nSPS) is 11.8. The molecule has 146 valence electrons. The molecule has 0 unspecified atom stereocenters. The van der Waals surface area contributed by atoms with Crippen LogP contribution >= 0.6 is 0 Å². The highest BCUT2D eigenvalue weighted by molar-refractivity contribution is 7.92. The van der Waals surface area contributed by atoms with Crippen molar-refractivity contribution < 1.29 is 36.6 Å². The maximum Gasteiger partial charge on any atom is 0.390 e. The molecule has 0 saturated heterocycles. The number of sulfonamides is 1. The molecule has 27 heavy (non-hydrogen) atoms. The third kappa shape index (κ3) is 6.33. The fourth-order valence-electron chi connectivity index (χ4n) is 1.89. The van der Waals surface area contributed by atoms with Crippen LogP contribution in [0.2, 0.25) is 0 Å². The van der Waals surface area contributed by atoms with Crippen molar-refractivity contribution >= 4 is 27.4 Å². The minimum atomic E-state index is -4.63. The Bertz CT molecular complexity index is 948. The minimum absolute atomic E-state index is 0.0360. The van der Waals surface area contributed by atoms with Gasteiger partial charge in [0, 0.05) is 23.5 Å². The highest BCUT2D eigenvalue weighted by Crippen LogP contribution is 2.27. The Morgan fingerprint density at radius 1 is 1.11 bits per heavy atom. The summed E-state index contributed by atoms with van der Waals surface area (Å²) in [5.74, 6) is -3.04. The molecule has 4 N–H and O–H groups in total. The zero-order chi connectivity index (χ0) is 20.2. The molecule has 0 aliphatic rings. The summed E-state index contributed by atoms with van der Waals surface area (Å²) in [6.07, 6.45) is -5.04. The number of carbonyl (C=O) groups excluding carboxylic acids is 1. The SMILES string of the molecule is O=C(Nc1ccc(O)c(O)c1)c1ccnc(NS(=O)(=O)CCC(F)(F)F)c1. The van der Waals surface area contributed by atoms with Gasteiger partial charge in [-0.05, 0) is 24.3 Å². The molecule has 8 nitrogen and oxygen atoms in total. The predicted molar refractivity (Wildman–Crippen MR) is 90.0 cm³/mol. The van der Waals surface area contributed by atoms with E-state index in [2.05, 4.69) is 10.3 Å². The zero-order valence-electron chi connectivity index (χ0n) is 13.5. The quantitative estimate of drug-likeness (QED) is 0.432. The Balaban J connectivity index is 2.09. The van der Waals surface area contributed by atoms with Crippen molar-refractivity contribution in [3.63, 3.8) is 0 Å². The second-order valence-corrected chi connectivity index (χ2v) is 7.22. The summed E-state index contributed by atoms with van der Waals surface area (Å²) in [6.45, 7) is 0. The zero-order valence-corrected chi connectivity index (χ0v) is 14.3. The molecule has 2 rings (SSSR count). The van der Waals surface area contributed by atoms with E-state index in [4.69, 9.17) is 0 Å². The summed E-state index contributed by atoms with van der Waals surface area (Å²) in [6, 6.07) is 5.85. The number of amides is 1. The largest absolute Gasteiger partial charge is 0.504 e. The molecule has 1 aromatic carbocycles. The molecule has 0 spiro atoms. The second kappa shape index (κ2) is 7.70. The molecule has 1 aromatic heterocycles. The van der Waals surface area contributed by atoms with Crippen LogP contribution in [0, 0.1) is 0 Å². The smallest absolute Gasteiger partial charge is 0.390 e. The van der Waals surface area contributed by atoms with Gasteiger partial charge in [0.15, 0.2) is 11.5 Å². The third-order valence-corrected chi connectivity index (χ3v) is 4.43. The van der Waals surface area contributed by atoms with E-state index in [1.165, 1.54) is 12.1 Å². The van der Waals surface area contributed by atoms with Crippen LogP contribution in [0.5, 0.6) is 11.5 Å². The van der Waals surface area contributed by atoms with Gasteiger partial charge >= 0.3 is 6.18 Å². The van der Waals surface area contributed by atoms with Crippen molar-refractivity contribution in [2.75, 3.05) is 15.8 Å². The summed E-state index contributed by atoms with van der Waals surface area (Å²) in [7, 11) is -4.30. The molecule has 0 bridgehead atoms. The topological polar surface area (TPSA) is 129 Å². The van der Waals surface area contributed by atoms with E-state index in [1.54, 1.807) is 0 Å². The molecule has 0 saturated carbocycles. The molecule has 0 radical (unpaired) electrons. The number of aromatic hydroxyl groups is 2. The Hall–Kier alpha value is -3.02. The van der Waals surface area contributed by atoms with Gasteiger partial charge in [0.25, 0.3) is 5.91 Å². The second-order valence-electron chi connectivity index (χ2n) is 5.37. The van der Waals surface area contributed by atoms with E-state index in [1.807, 2.05) is 4.72 Å². The molecule has 2 aromatic rings. The number of phenolic OH excluding ortho intramolecular Hbond substituents is 2. The molecule has 12 heteroatoms. The lowest BCUT2D eigenvalue weighted by Crippen LogP contribution is -2.22. The average molecular weight is 405 g/mol. The lowest BCUT2D eigenvalue weighted by molar-refractivity contribution is -0.129. The molecule has 1 heterocycles. The van der Waals surface area contributed by atoms with Gasteiger partial charge in [0.05, 0.1) is 12.2 Å². The van der Waals surface area contributed by atoms with Gasteiger partial charge in [-0.15, -0.1) is 0 Å². The molecule has 0 fully saturated rings. The standard InChI is InChI=1S/C15H14F3N3O5S/c16-15(17,18)4-6-27(25,26)21-13-7-9(3-5-19-13)14(24)20-10-1-2-11(22)12(23)8-10/h1-3,5,7-8,22-23H,4,6H2,(H,19,21)(H,20,24). The first kappa shape index (κ1) is 20.3. The number of benzene rings is 1. The number of hydrogen-bond donors (Lipinski definition) is 4. The van der Waals surface area contributed by atoms with Crippen molar-refractivity contribution in [3.05, 3.63) is 42.1 Å². The van der Waals surface area contributed by atoms with Crippen LogP contribution in [-0.2, 0) is 10.0 Å². The lowest BCUT2D eigenvalue weighted by atomic mass is 10.2. The van der Waals surface area contributed by atoms with Crippen molar-refractivity contribution in [2.45, 2.75) is 12.6 Å². The minimum Gasteiger partial charge on any atom is -0.504 e. The van der Waals surface area contributed by atoms with E-state index in [-0.39, 0.29) is 22.8 Å². The highest BCUT2D eigenvalue weighted by Gasteiger charge is 2.30. The summed E-state index contributed by atoms with van der Waals surface area (Å²) < 4.78 is 61.7. The molecular weight excluding hydrogens is 391 g/mol. The van der Waals surface area contributed by atoms with Crippen molar-refractivity contribution in [1.82, 2.24) is 4.98 Å². The Kier molecular flexibility index (Phi) is 5.78. The number of halogens is 3. The van der Waals surface area contributed by atoms with Crippen LogP contribution in [0.4, 0.5) is 24.7 Å². The summed E-state index contributed by atoms with van der Waals surface area (Å²) in [4.78, 5) is 15.8. The molecular formula is C15H14F3N3O5S. The van der Waals surface area contributed by atoms with Gasteiger partial charge in [-0.25, -0.2) is 13.4 Å². The monoisotopic (exact) mass is 405 g/mol. The number of rotatable bonds is 6. The Labute approximate surface area is 151 Å². The number of hydrogen-bond acceptors (Lipinski definition) is 6. The van der Waals surface area contributed by atoms with Gasteiger partial charge < -0.3 is 15.5 Å². The predicted octanol–water partition coefficient (Wildman–Crippen LogP) is 2.44. The van der Waals surface area contributed by atoms with E-state index >= 15 is 0 Å². The van der Waals surface area contributed by atoms with Crippen molar-refractivity contribution in [2.24, 2.45) is 0 Å². The summed E-state index contributed by atoms with van der Waals surface area (Å²) in [5.41, 5.74) is 0.116. The van der Waals surface area contributed by atoms with Crippen LogP contribution < -0.4 is 10.0 Å². The van der Waals surface area contributed by atoms with Gasteiger partial charge in [0.1, 0.15) is 5.82 Å². The maximum absolute atomic E-state index is 12.2. The van der Waals surface area contributed by atoms with E-state index in [9.17, 15) is 36.6 Å². The summed E-state index contributed by atoms with van der Waals surface area (Å²) >= 11 is 0. The van der Waals surface area contributed by atoms with Crippen LogP contribution in [0.3, 0.4) is 0 Å². The molecule has 0 atom stereocenters. The number of carbonyl (C=O) groups is 1. The van der Waals surface area contributed by atoms with Gasteiger partial charge in [0.2, 0.25) is 10.0 Å². The number of pyridine rings is 1. The van der Waals surface area contributed by atoms with Crippen LogP contribution in [0.1, 0.15) is 16.8 Å². The van der Waals surface area contributed by atoms with E-state index < -0.39 is 40.0 Å². The van der Waals surface area contributed by atoms with Crippen LogP contribution in [0.25, 0.3) is 0 Å². The maximum atomic E-state index is 12.2. The van der Waals surface area contributed by atoms with Gasteiger partial charge in [-0.2, -0.15) is 13.2 Å². The molecule has 0 aliphatic heterocycles. The highest BCUT2D eigenvalue weighted by atomic mass is 32.2. The molecule has 0 aliphatic carbocycles. The number of nitrogens with one attached hydrogen (secondary N) is 2. The van der Waals surface area contributed by atoms with Crippen molar-refractivity contribution in [3.8, 4) is 11.5 Å². The van der Waals surface area contributed by atoms with E-state index in [0.717, 1.165) is 24.4 Å². The first-order chi connectivity index (χ1) is 12.5. The van der Waals surface area contributed by atoms with Gasteiger partial charge in [-0.3, -0.25) is 9.52 Å². The van der Waals surface area contributed by atoms with Crippen LogP contribution in [-0.4, -0.2) is 41.5 Å². The van der Waals surface area contributed by atoms with Crippen LogP contribution in [0.15, 0.2) is 36.5 Å². The number of phenols is 2. The average Bonchev–Trinajstić information content (AvgIpc) is 2.56. The van der Waals surface area contributed by atoms with E-state index in [0.29, 0.717) is 0 Å². The lowest BCUT2D eigenvalue weighted by Gasteiger charge is -2.10. The Morgan fingerprint density at radius 2 is 1.81 bits per heavy atom. The number of anilines is 2.